The monoisotopic (exact) mass is 493 g/mol. The van der Waals surface area contributed by atoms with Crippen LogP contribution in [0.5, 0.6) is 5.75 Å². The van der Waals surface area contributed by atoms with Gasteiger partial charge in [-0.05, 0) is 63.6 Å². The van der Waals surface area contributed by atoms with Gasteiger partial charge in [0, 0.05) is 29.7 Å². The Morgan fingerprint density at radius 2 is 2.03 bits per heavy atom. The number of carbonyl (C=O) groups excluding carboxylic acids is 1. The molecule has 1 unspecified atom stereocenters. The van der Waals surface area contributed by atoms with Crippen LogP contribution in [0.4, 0.5) is 10.6 Å². The van der Waals surface area contributed by atoms with E-state index in [4.69, 9.17) is 15.2 Å². The summed E-state index contributed by atoms with van der Waals surface area (Å²) in [5, 5.41) is 1.97. The number of carbonyl (C=O) groups is 1. The molecule has 2 N–H and O–H groups in total. The fourth-order valence-electron chi connectivity index (χ4n) is 4.80. The molecule has 184 valence electrons. The molecular weight excluding hydrogens is 462 g/mol. The number of hydrogen-bond acceptors (Lipinski definition) is 7. The Morgan fingerprint density at radius 3 is 2.77 bits per heavy atom. The zero-order valence-corrected chi connectivity index (χ0v) is 21.6. The molecule has 35 heavy (non-hydrogen) atoms. The summed E-state index contributed by atoms with van der Waals surface area (Å²) in [6.45, 7) is 8.97. The Kier molecular flexibility index (Phi) is 5.83. The maximum absolute atomic E-state index is 12.8. The second kappa shape index (κ2) is 8.71. The molecule has 1 aliphatic rings. The van der Waals surface area contributed by atoms with E-state index in [-0.39, 0.29) is 12.1 Å². The van der Waals surface area contributed by atoms with Gasteiger partial charge in [0.05, 0.1) is 23.2 Å². The molecule has 9 heteroatoms. The predicted molar refractivity (Wildman–Crippen MR) is 140 cm³/mol. The highest BCUT2D eigenvalue weighted by molar-refractivity contribution is 7.22. The van der Waals surface area contributed by atoms with Crippen molar-refractivity contribution in [3.8, 4) is 16.2 Å². The molecule has 1 saturated heterocycles. The Balaban J connectivity index is 1.58. The third-order valence-corrected chi connectivity index (χ3v) is 7.49. The number of benzene rings is 1. The summed E-state index contributed by atoms with van der Waals surface area (Å²) >= 11 is 1.67. The third-order valence-electron chi connectivity index (χ3n) is 6.29. The molecular formula is C26H31N5O3S. The van der Waals surface area contributed by atoms with Crippen LogP contribution in [0.2, 0.25) is 0 Å². The Bertz CT molecular complexity index is 1420. The minimum absolute atomic E-state index is 0.0629. The van der Waals surface area contributed by atoms with Crippen molar-refractivity contribution in [2.24, 2.45) is 0 Å². The van der Waals surface area contributed by atoms with Gasteiger partial charge in [0.25, 0.3) is 0 Å². The number of aromatic nitrogens is 3. The number of nitrogens with two attached hydrogens (primary N) is 1. The predicted octanol–water partition coefficient (Wildman–Crippen LogP) is 5.78. The van der Waals surface area contributed by atoms with Crippen LogP contribution >= 0.6 is 11.3 Å². The number of aryl methyl sites for hydroxylation is 1. The van der Waals surface area contributed by atoms with Crippen LogP contribution in [0.15, 0.2) is 30.7 Å². The SMILES string of the molecule is COc1cc(C)cc2cc(-c3cn(C4CCCN(C(=O)OC(C)(C)C)C4)c4ncnc(N)c34)sc12. The van der Waals surface area contributed by atoms with Gasteiger partial charge < -0.3 is 24.7 Å². The first-order valence-electron chi connectivity index (χ1n) is 11.8. The van der Waals surface area contributed by atoms with E-state index < -0.39 is 5.60 Å². The number of rotatable bonds is 3. The number of piperidine rings is 1. The molecule has 5 rings (SSSR count). The van der Waals surface area contributed by atoms with Crippen molar-refractivity contribution >= 4 is 44.4 Å². The van der Waals surface area contributed by atoms with E-state index in [0.29, 0.717) is 18.9 Å². The first-order valence-corrected chi connectivity index (χ1v) is 12.6. The van der Waals surface area contributed by atoms with Crippen LogP contribution < -0.4 is 10.5 Å². The van der Waals surface area contributed by atoms with Crippen molar-refractivity contribution in [2.45, 2.75) is 52.2 Å². The highest BCUT2D eigenvalue weighted by Gasteiger charge is 2.30. The van der Waals surface area contributed by atoms with Gasteiger partial charge in [-0.15, -0.1) is 11.3 Å². The number of amides is 1. The quantitative estimate of drug-likeness (QED) is 0.388. The second-order valence-corrected chi connectivity index (χ2v) is 11.2. The fourth-order valence-corrected chi connectivity index (χ4v) is 5.95. The van der Waals surface area contributed by atoms with Gasteiger partial charge in [-0.3, -0.25) is 0 Å². The number of fused-ring (bicyclic) bond motifs is 2. The molecule has 1 amide bonds. The van der Waals surface area contributed by atoms with E-state index in [9.17, 15) is 4.79 Å². The van der Waals surface area contributed by atoms with Gasteiger partial charge in [0.2, 0.25) is 0 Å². The van der Waals surface area contributed by atoms with Gasteiger partial charge >= 0.3 is 6.09 Å². The van der Waals surface area contributed by atoms with Gasteiger partial charge in [0.15, 0.2) is 0 Å². The van der Waals surface area contributed by atoms with E-state index in [2.05, 4.69) is 45.9 Å². The molecule has 0 spiro atoms. The summed E-state index contributed by atoms with van der Waals surface area (Å²) in [6, 6.07) is 6.45. The highest BCUT2D eigenvalue weighted by atomic mass is 32.1. The number of methoxy groups -OCH3 is 1. The maximum Gasteiger partial charge on any atom is 0.410 e. The summed E-state index contributed by atoms with van der Waals surface area (Å²) in [4.78, 5) is 24.5. The van der Waals surface area contributed by atoms with Crippen molar-refractivity contribution in [1.82, 2.24) is 19.4 Å². The number of nitrogens with zero attached hydrogens (tertiary/aromatic N) is 4. The normalized spacial score (nSPS) is 16.7. The molecule has 1 fully saturated rings. The highest BCUT2D eigenvalue weighted by Crippen LogP contribution is 2.43. The number of thiophene rings is 1. The molecule has 1 atom stereocenters. The van der Waals surface area contributed by atoms with Gasteiger partial charge in [-0.1, -0.05) is 6.07 Å². The maximum atomic E-state index is 12.8. The molecule has 4 aromatic rings. The second-order valence-electron chi connectivity index (χ2n) is 10.1. The fraction of sp³-hybridized carbons (Fsp3) is 0.423. The molecule has 0 bridgehead atoms. The lowest BCUT2D eigenvalue weighted by Crippen LogP contribution is -2.43. The van der Waals surface area contributed by atoms with Gasteiger partial charge in [0.1, 0.15) is 29.1 Å². The first-order chi connectivity index (χ1) is 16.6. The lowest BCUT2D eigenvalue weighted by atomic mass is 10.1. The van der Waals surface area contributed by atoms with Crippen LogP contribution in [0, 0.1) is 6.92 Å². The molecule has 0 saturated carbocycles. The Hall–Kier alpha value is -3.33. The molecule has 0 aliphatic carbocycles. The van der Waals surface area contributed by atoms with E-state index in [0.717, 1.165) is 55.7 Å². The minimum atomic E-state index is -0.528. The first kappa shape index (κ1) is 23.4. The molecule has 4 heterocycles. The smallest absolute Gasteiger partial charge is 0.410 e. The summed E-state index contributed by atoms with van der Waals surface area (Å²) in [5.41, 5.74) is 8.78. The summed E-state index contributed by atoms with van der Waals surface area (Å²) < 4.78 is 14.5. The zero-order valence-electron chi connectivity index (χ0n) is 20.8. The Morgan fingerprint density at radius 1 is 1.23 bits per heavy atom. The summed E-state index contributed by atoms with van der Waals surface area (Å²) in [5.74, 6) is 1.31. The van der Waals surface area contributed by atoms with Crippen molar-refractivity contribution in [3.05, 3.63) is 36.3 Å². The average molecular weight is 494 g/mol. The van der Waals surface area contributed by atoms with Gasteiger partial charge in [-0.25, -0.2) is 14.8 Å². The lowest BCUT2D eigenvalue weighted by Gasteiger charge is -2.34. The number of ether oxygens (including phenoxy) is 2. The number of nitrogen functional groups attached to an aromatic ring is 1. The average Bonchev–Trinajstić information content (AvgIpc) is 3.40. The third kappa shape index (κ3) is 4.40. The van der Waals surface area contributed by atoms with E-state index >= 15 is 0 Å². The van der Waals surface area contributed by atoms with Crippen LogP contribution in [0.1, 0.15) is 45.2 Å². The number of likely N-dealkylation sites (tertiary alicyclic amines) is 1. The summed E-state index contributed by atoms with van der Waals surface area (Å²) in [6.07, 6.45) is 5.16. The summed E-state index contributed by atoms with van der Waals surface area (Å²) in [7, 11) is 1.70. The Labute approximate surface area is 208 Å². The number of hydrogen-bond donors (Lipinski definition) is 1. The molecule has 3 aromatic heterocycles. The van der Waals surface area contributed by atoms with Crippen LogP contribution in [-0.4, -0.2) is 51.3 Å². The topological polar surface area (TPSA) is 95.5 Å². The van der Waals surface area contributed by atoms with E-state index in [1.54, 1.807) is 23.3 Å². The number of anilines is 1. The van der Waals surface area contributed by atoms with Crippen LogP contribution in [0.25, 0.3) is 31.6 Å². The zero-order chi connectivity index (χ0) is 24.9. The van der Waals surface area contributed by atoms with Gasteiger partial charge in [-0.2, -0.15) is 0 Å². The largest absolute Gasteiger partial charge is 0.495 e. The van der Waals surface area contributed by atoms with E-state index in [1.165, 1.54) is 6.33 Å². The minimum Gasteiger partial charge on any atom is -0.495 e. The van der Waals surface area contributed by atoms with E-state index in [1.807, 2.05) is 20.8 Å². The van der Waals surface area contributed by atoms with Crippen molar-refractivity contribution in [1.29, 1.82) is 0 Å². The molecule has 0 radical (unpaired) electrons. The van der Waals surface area contributed by atoms with Crippen LogP contribution in [0.3, 0.4) is 0 Å². The van der Waals surface area contributed by atoms with Crippen molar-refractivity contribution < 1.29 is 14.3 Å². The van der Waals surface area contributed by atoms with Crippen LogP contribution in [-0.2, 0) is 4.74 Å². The molecule has 1 aliphatic heterocycles. The standard InChI is InChI=1S/C26H31N5O3S/c1-15-9-16-11-20(35-22(16)19(10-15)33-5)18-13-31(24-21(18)23(27)28-14-29-24)17-7-6-8-30(12-17)25(32)34-26(2,3)4/h9-11,13-14,17H,6-8,12H2,1-5H3,(H2,27,28,29). The van der Waals surface area contributed by atoms with Crippen molar-refractivity contribution in [3.63, 3.8) is 0 Å². The van der Waals surface area contributed by atoms with Crippen molar-refractivity contribution in [2.75, 3.05) is 25.9 Å². The molecule has 8 nitrogen and oxygen atoms in total. The lowest BCUT2D eigenvalue weighted by molar-refractivity contribution is 0.0174. The molecule has 1 aromatic carbocycles.